The van der Waals surface area contributed by atoms with Crippen molar-refractivity contribution in [1.29, 1.82) is 0 Å². The maximum absolute atomic E-state index is 13.3. The molecule has 0 unspecified atom stereocenters. The summed E-state index contributed by atoms with van der Waals surface area (Å²) in [6.07, 6.45) is -1.43. The SMILES string of the molecule is COC(=O)C[C@@H](O)c1ccc(Br)cc1F. The summed E-state index contributed by atoms with van der Waals surface area (Å²) >= 11 is 3.10. The van der Waals surface area contributed by atoms with Gasteiger partial charge in [0.1, 0.15) is 5.82 Å². The number of carbonyl (C=O) groups is 1. The number of benzene rings is 1. The molecule has 0 bridgehead atoms. The molecule has 0 heterocycles. The van der Waals surface area contributed by atoms with E-state index in [9.17, 15) is 14.3 Å². The molecule has 3 nitrogen and oxygen atoms in total. The largest absolute Gasteiger partial charge is 0.469 e. The summed E-state index contributed by atoms with van der Waals surface area (Å²) in [7, 11) is 1.22. The molecule has 1 aromatic rings. The summed E-state index contributed by atoms with van der Waals surface area (Å²) < 4.78 is 18.3. The van der Waals surface area contributed by atoms with Crippen molar-refractivity contribution < 1.29 is 19.0 Å². The molecule has 0 saturated carbocycles. The molecular weight excluding hydrogens is 267 g/mol. The van der Waals surface area contributed by atoms with Crippen molar-refractivity contribution in [2.75, 3.05) is 7.11 Å². The van der Waals surface area contributed by atoms with Gasteiger partial charge in [0.2, 0.25) is 0 Å². The number of halogens is 2. The van der Waals surface area contributed by atoms with Crippen LogP contribution in [0, 0.1) is 5.82 Å². The Morgan fingerprint density at radius 3 is 2.87 bits per heavy atom. The second-order valence-electron chi connectivity index (χ2n) is 2.96. The lowest BCUT2D eigenvalue weighted by atomic mass is 10.1. The molecule has 1 N–H and O–H groups in total. The second kappa shape index (κ2) is 5.23. The van der Waals surface area contributed by atoms with E-state index in [-0.39, 0.29) is 12.0 Å². The first-order chi connectivity index (χ1) is 7.04. The Morgan fingerprint density at radius 1 is 1.67 bits per heavy atom. The highest BCUT2D eigenvalue weighted by molar-refractivity contribution is 9.10. The molecule has 1 aromatic carbocycles. The molecule has 82 valence electrons. The van der Waals surface area contributed by atoms with Gasteiger partial charge in [0, 0.05) is 10.0 Å². The Kier molecular flexibility index (Phi) is 4.23. The van der Waals surface area contributed by atoms with Gasteiger partial charge in [-0.1, -0.05) is 22.0 Å². The second-order valence-corrected chi connectivity index (χ2v) is 3.88. The zero-order valence-electron chi connectivity index (χ0n) is 8.04. The third kappa shape index (κ3) is 3.28. The van der Waals surface area contributed by atoms with Gasteiger partial charge >= 0.3 is 5.97 Å². The zero-order valence-corrected chi connectivity index (χ0v) is 9.62. The van der Waals surface area contributed by atoms with Crippen LogP contribution in [0.15, 0.2) is 22.7 Å². The van der Waals surface area contributed by atoms with Crippen molar-refractivity contribution in [1.82, 2.24) is 0 Å². The van der Waals surface area contributed by atoms with Crippen molar-refractivity contribution >= 4 is 21.9 Å². The normalized spacial score (nSPS) is 12.3. The minimum absolute atomic E-state index is 0.0867. The first kappa shape index (κ1) is 12.1. The van der Waals surface area contributed by atoms with Crippen molar-refractivity contribution in [2.24, 2.45) is 0 Å². The molecule has 0 amide bonds. The molecule has 0 aliphatic heterocycles. The van der Waals surface area contributed by atoms with Crippen LogP contribution >= 0.6 is 15.9 Å². The number of ether oxygens (including phenoxy) is 1. The van der Waals surface area contributed by atoms with Crippen LogP contribution in [-0.2, 0) is 9.53 Å². The average Bonchev–Trinajstić information content (AvgIpc) is 2.17. The molecule has 5 heteroatoms. The Hall–Kier alpha value is -0.940. The van der Waals surface area contributed by atoms with Gasteiger partial charge in [-0.05, 0) is 12.1 Å². The summed E-state index contributed by atoms with van der Waals surface area (Å²) in [5.41, 5.74) is 0.0867. The molecule has 0 radical (unpaired) electrons. The first-order valence-electron chi connectivity index (χ1n) is 4.24. The summed E-state index contributed by atoms with van der Waals surface area (Å²) in [6.45, 7) is 0. The highest BCUT2D eigenvalue weighted by Crippen LogP contribution is 2.23. The standard InChI is InChI=1S/C10H10BrFO3/c1-15-10(14)5-9(13)7-3-2-6(11)4-8(7)12/h2-4,9,13H,5H2,1H3/t9-/m1/s1. The van der Waals surface area contributed by atoms with Gasteiger partial charge in [0.25, 0.3) is 0 Å². The van der Waals surface area contributed by atoms with Gasteiger partial charge in [-0.3, -0.25) is 4.79 Å². The Bertz CT molecular complexity index is 368. The smallest absolute Gasteiger partial charge is 0.308 e. The van der Waals surface area contributed by atoms with Crippen LogP contribution < -0.4 is 0 Å². The van der Waals surface area contributed by atoms with Crippen molar-refractivity contribution in [3.05, 3.63) is 34.1 Å². The topological polar surface area (TPSA) is 46.5 Å². The summed E-state index contributed by atoms with van der Waals surface area (Å²) in [5, 5.41) is 9.54. The molecule has 0 spiro atoms. The van der Waals surface area contributed by atoms with E-state index in [0.29, 0.717) is 4.47 Å². The highest BCUT2D eigenvalue weighted by atomic mass is 79.9. The summed E-state index contributed by atoms with van der Waals surface area (Å²) in [4.78, 5) is 10.9. The van der Waals surface area contributed by atoms with Gasteiger partial charge in [0.15, 0.2) is 0 Å². The minimum Gasteiger partial charge on any atom is -0.469 e. The predicted octanol–water partition coefficient (Wildman–Crippen LogP) is 2.18. The Morgan fingerprint density at radius 2 is 2.33 bits per heavy atom. The quantitative estimate of drug-likeness (QED) is 0.861. The first-order valence-corrected chi connectivity index (χ1v) is 5.03. The van der Waals surface area contributed by atoms with Crippen LogP contribution in [-0.4, -0.2) is 18.2 Å². The minimum atomic E-state index is -1.18. The molecule has 0 aromatic heterocycles. The van der Waals surface area contributed by atoms with E-state index in [0.717, 1.165) is 0 Å². The predicted molar refractivity (Wildman–Crippen MR) is 55.7 cm³/mol. The number of hydrogen-bond donors (Lipinski definition) is 1. The maximum atomic E-state index is 13.3. The third-order valence-electron chi connectivity index (χ3n) is 1.91. The number of methoxy groups -OCH3 is 1. The van der Waals surface area contributed by atoms with Crippen LogP contribution in [0.3, 0.4) is 0 Å². The molecule has 1 rings (SSSR count). The number of aliphatic hydroxyl groups is 1. The van der Waals surface area contributed by atoms with E-state index in [1.165, 1.54) is 19.2 Å². The fourth-order valence-corrected chi connectivity index (χ4v) is 1.46. The van der Waals surface area contributed by atoms with Crippen LogP contribution in [0.25, 0.3) is 0 Å². The van der Waals surface area contributed by atoms with Crippen LogP contribution in [0.4, 0.5) is 4.39 Å². The Labute approximate surface area is 95.0 Å². The van der Waals surface area contributed by atoms with Gasteiger partial charge < -0.3 is 9.84 Å². The fourth-order valence-electron chi connectivity index (χ4n) is 1.12. The lowest BCUT2D eigenvalue weighted by Crippen LogP contribution is -2.09. The molecule has 0 aliphatic carbocycles. The monoisotopic (exact) mass is 276 g/mol. The van der Waals surface area contributed by atoms with E-state index >= 15 is 0 Å². The number of carbonyl (C=O) groups excluding carboxylic acids is 1. The summed E-state index contributed by atoms with van der Waals surface area (Å²) in [5.74, 6) is -1.13. The van der Waals surface area contributed by atoms with E-state index in [2.05, 4.69) is 20.7 Å². The lowest BCUT2D eigenvalue weighted by molar-refractivity contribution is -0.142. The fraction of sp³-hybridized carbons (Fsp3) is 0.300. The van der Waals surface area contributed by atoms with Crippen LogP contribution in [0.5, 0.6) is 0 Å². The zero-order chi connectivity index (χ0) is 11.4. The number of rotatable bonds is 3. The molecular formula is C10H10BrFO3. The molecule has 0 fully saturated rings. The number of hydrogen-bond acceptors (Lipinski definition) is 3. The van der Waals surface area contributed by atoms with Gasteiger partial charge in [0.05, 0.1) is 19.6 Å². The van der Waals surface area contributed by atoms with Crippen molar-refractivity contribution in [3.63, 3.8) is 0 Å². The number of aliphatic hydroxyl groups excluding tert-OH is 1. The van der Waals surface area contributed by atoms with Crippen LogP contribution in [0.1, 0.15) is 18.1 Å². The molecule has 0 saturated heterocycles. The highest BCUT2D eigenvalue weighted by Gasteiger charge is 2.16. The van der Waals surface area contributed by atoms with Crippen molar-refractivity contribution in [3.8, 4) is 0 Å². The maximum Gasteiger partial charge on any atom is 0.308 e. The Balaban J connectivity index is 2.82. The lowest BCUT2D eigenvalue weighted by Gasteiger charge is -2.10. The van der Waals surface area contributed by atoms with E-state index in [4.69, 9.17) is 0 Å². The van der Waals surface area contributed by atoms with Gasteiger partial charge in [-0.15, -0.1) is 0 Å². The van der Waals surface area contributed by atoms with E-state index in [1.807, 2.05) is 0 Å². The average molecular weight is 277 g/mol. The van der Waals surface area contributed by atoms with E-state index < -0.39 is 17.9 Å². The molecule has 1 atom stereocenters. The molecule has 15 heavy (non-hydrogen) atoms. The van der Waals surface area contributed by atoms with Crippen LogP contribution in [0.2, 0.25) is 0 Å². The number of esters is 1. The third-order valence-corrected chi connectivity index (χ3v) is 2.40. The van der Waals surface area contributed by atoms with E-state index in [1.54, 1.807) is 6.07 Å². The van der Waals surface area contributed by atoms with Crippen molar-refractivity contribution in [2.45, 2.75) is 12.5 Å². The van der Waals surface area contributed by atoms with Gasteiger partial charge in [-0.2, -0.15) is 0 Å². The molecule has 0 aliphatic rings. The van der Waals surface area contributed by atoms with Gasteiger partial charge in [-0.25, -0.2) is 4.39 Å². The summed E-state index contributed by atoms with van der Waals surface area (Å²) in [6, 6.07) is 4.25.